The maximum Gasteiger partial charge on any atom is 0.0474 e. The fraction of sp³-hybridized carbons (Fsp3) is 0.647. The molecule has 3 nitrogen and oxygen atoms in total. The van der Waals surface area contributed by atoms with Gasteiger partial charge >= 0.3 is 0 Å². The van der Waals surface area contributed by atoms with E-state index in [0.717, 1.165) is 19.6 Å². The standard InChI is InChI=1S/C17H29N3/c1-5-15-12-20(9-8-19(15)4)17(11-18)16-10-13(2)6-7-14(16)3/h6-7,10,15,17H,5,8-9,11-12,18H2,1-4H3. The molecule has 2 unspecified atom stereocenters. The number of rotatable bonds is 4. The minimum Gasteiger partial charge on any atom is -0.329 e. The Bertz CT molecular complexity index is 444. The van der Waals surface area contributed by atoms with Crippen LogP contribution in [-0.4, -0.2) is 49.1 Å². The van der Waals surface area contributed by atoms with Gasteiger partial charge in [0, 0.05) is 38.3 Å². The maximum atomic E-state index is 6.12. The number of hydrogen-bond acceptors (Lipinski definition) is 3. The highest BCUT2D eigenvalue weighted by Crippen LogP contribution is 2.26. The van der Waals surface area contributed by atoms with Crippen molar-refractivity contribution in [2.75, 3.05) is 33.2 Å². The third-order valence-corrected chi connectivity index (χ3v) is 4.74. The van der Waals surface area contributed by atoms with Crippen molar-refractivity contribution in [1.82, 2.24) is 9.80 Å². The van der Waals surface area contributed by atoms with Crippen LogP contribution in [-0.2, 0) is 0 Å². The summed E-state index contributed by atoms with van der Waals surface area (Å²) in [6.45, 7) is 10.7. The van der Waals surface area contributed by atoms with Crippen molar-refractivity contribution in [2.45, 2.75) is 39.3 Å². The van der Waals surface area contributed by atoms with Crippen molar-refractivity contribution in [3.63, 3.8) is 0 Å². The SMILES string of the molecule is CCC1CN(C(CN)c2cc(C)ccc2C)CCN1C. The predicted molar refractivity (Wildman–Crippen MR) is 86.0 cm³/mol. The van der Waals surface area contributed by atoms with Crippen molar-refractivity contribution < 1.29 is 0 Å². The van der Waals surface area contributed by atoms with Crippen LogP contribution in [0.4, 0.5) is 0 Å². The minimum absolute atomic E-state index is 0.359. The number of nitrogens with zero attached hydrogens (tertiary/aromatic N) is 2. The van der Waals surface area contributed by atoms with Crippen LogP contribution in [0.5, 0.6) is 0 Å². The zero-order valence-corrected chi connectivity index (χ0v) is 13.4. The monoisotopic (exact) mass is 275 g/mol. The summed E-state index contributed by atoms with van der Waals surface area (Å²) >= 11 is 0. The van der Waals surface area contributed by atoms with E-state index in [1.54, 1.807) is 0 Å². The van der Waals surface area contributed by atoms with Gasteiger partial charge in [-0.15, -0.1) is 0 Å². The van der Waals surface area contributed by atoms with Gasteiger partial charge in [0.25, 0.3) is 0 Å². The first-order chi connectivity index (χ1) is 9.56. The van der Waals surface area contributed by atoms with E-state index >= 15 is 0 Å². The fourth-order valence-electron chi connectivity index (χ4n) is 3.29. The normalized spacial score (nSPS) is 22.9. The highest BCUT2D eigenvalue weighted by atomic mass is 15.3. The lowest BCUT2D eigenvalue weighted by Gasteiger charge is -2.43. The highest BCUT2D eigenvalue weighted by Gasteiger charge is 2.28. The predicted octanol–water partition coefficient (Wildman–Crippen LogP) is 2.33. The van der Waals surface area contributed by atoms with Crippen LogP contribution in [0.15, 0.2) is 18.2 Å². The molecule has 0 amide bonds. The Labute approximate surface area is 123 Å². The van der Waals surface area contributed by atoms with E-state index in [1.807, 2.05) is 0 Å². The Morgan fingerprint density at radius 3 is 2.70 bits per heavy atom. The maximum absolute atomic E-state index is 6.12. The van der Waals surface area contributed by atoms with Gasteiger partial charge in [-0.2, -0.15) is 0 Å². The van der Waals surface area contributed by atoms with Gasteiger partial charge in [-0.05, 0) is 38.4 Å². The zero-order chi connectivity index (χ0) is 14.7. The van der Waals surface area contributed by atoms with Gasteiger partial charge in [-0.1, -0.05) is 30.7 Å². The molecule has 112 valence electrons. The minimum atomic E-state index is 0.359. The second kappa shape index (κ2) is 6.70. The molecule has 0 aliphatic carbocycles. The van der Waals surface area contributed by atoms with E-state index in [-0.39, 0.29) is 0 Å². The molecule has 20 heavy (non-hydrogen) atoms. The van der Waals surface area contributed by atoms with Crippen LogP contribution in [0.1, 0.15) is 36.1 Å². The zero-order valence-electron chi connectivity index (χ0n) is 13.4. The van der Waals surface area contributed by atoms with Crippen LogP contribution >= 0.6 is 0 Å². The molecular weight excluding hydrogens is 246 g/mol. The molecule has 0 bridgehead atoms. The molecule has 3 heteroatoms. The molecule has 1 fully saturated rings. The molecule has 1 aromatic carbocycles. The lowest BCUT2D eigenvalue weighted by atomic mass is 9.96. The molecule has 1 saturated heterocycles. The lowest BCUT2D eigenvalue weighted by Crippen LogP contribution is -2.53. The number of benzene rings is 1. The summed E-state index contributed by atoms with van der Waals surface area (Å²) in [5.74, 6) is 0. The summed E-state index contributed by atoms with van der Waals surface area (Å²) in [4.78, 5) is 5.06. The van der Waals surface area contributed by atoms with Gasteiger partial charge in [-0.3, -0.25) is 4.90 Å². The third-order valence-electron chi connectivity index (χ3n) is 4.74. The highest BCUT2D eigenvalue weighted by molar-refractivity contribution is 5.33. The molecule has 1 aliphatic heterocycles. The Morgan fingerprint density at radius 2 is 2.05 bits per heavy atom. The topological polar surface area (TPSA) is 32.5 Å². The summed E-state index contributed by atoms with van der Waals surface area (Å²) in [5.41, 5.74) is 10.2. The molecule has 0 saturated carbocycles. The molecule has 2 atom stereocenters. The Hall–Kier alpha value is -0.900. The lowest BCUT2D eigenvalue weighted by molar-refractivity contribution is 0.0642. The molecule has 0 spiro atoms. The van der Waals surface area contributed by atoms with Crippen LogP contribution in [0, 0.1) is 13.8 Å². The number of nitrogens with two attached hydrogens (primary N) is 1. The first-order valence-electron chi connectivity index (χ1n) is 7.78. The molecule has 1 aliphatic rings. The molecular formula is C17H29N3. The number of aryl methyl sites for hydroxylation is 2. The van der Waals surface area contributed by atoms with Crippen LogP contribution in [0.25, 0.3) is 0 Å². The average Bonchev–Trinajstić information content (AvgIpc) is 2.45. The fourth-order valence-corrected chi connectivity index (χ4v) is 3.29. The molecule has 1 aromatic rings. The van der Waals surface area contributed by atoms with Crippen LogP contribution in [0.2, 0.25) is 0 Å². The Balaban J connectivity index is 2.21. The number of likely N-dealkylation sites (N-methyl/N-ethyl adjacent to an activating group) is 1. The molecule has 0 radical (unpaired) electrons. The van der Waals surface area contributed by atoms with Gasteiger partial charge < -0.3 is 10.6 Å². The summed E-state index contributed by atoms with van der Waals surface area (Å²) in [6.07, 6.45) is 1.21. The molecule has 0 aromatic heterocycles. The summed E-state index contributed by atoms with van der Waals surface area (Å²) in [7, 11) is 2.24. The first-order valence-corrected chi connectivity index (χ1v) is 7.78. The van der Waals surface area contributed by atoms with Crippen molar-refractivity contribution in [2.24, 2.45) is 5.73 Å². The van der Waals surface area contributed by atoms with Crippen LogP contribution in [0.3, 0.4) is 0 Å². The van der Waals surface area contributed by atoms with Gasteiger partial charge in [0.2, 0.25) is 0 Å². The van der Waals surface area contributed by atoms with E-state index in [9.17, 15) is 0 Å². The number of piperazine rings is 1. The molecule has 2 N–H and O–H groups in total. The van der Waals surface area contributed by atoms with Gasteiger partial charge in [0.15, 0.2) is 0 Å². The van der Waals surface area contributed by atoms with E-state index in [0.29, 0.717) is 18.6 Å². The van der Waals surface area contributed by atoms with Gasteiger partial charge in [-0.25, -0.2) is 0 Å². The second-order valence-electron chi connectivity index (χ2n) is 6.15. The Morgan fingerprint density at radius 1 is 1.30 bits per heavy atom. The van der Waals surface area contributed by atoms with Crippen molar-refractivity contribution in [3.05, 3.63) is 34.9 Å². The van der Waals surface area contributed by atoms with E-state index in [1.165, 1.54) is 23.1 Å². The largest absolute Gasteiger partial charge is 0.329 e. The van der Waals surface area contributed by atoms with Gasteiger partial charge in [0.05, 0.1) is 0 Å². The quantitative estimate of drug-likeness (QED) is 0.915. The van der Waals surface area contributed by atoms with Gasteiger partial charge in [0.1, 0.15) is 0 Å². The van der Waals surface area contributed by atoms with Crippen molar-refractivity contribution >= 4 is 0 Å². The van der Waals surface area contributed by atoms with E-state index < -0.39 is 0 Å². The number of hydrogen-bond donors (Lipinski definition) is 1. The van der Waals surface area contributed by atoms with Crippen molar-refractivity contribution in [3.8, 4) is 0 Å². The summed E-state index contributed by atoms with van der Waals surface area (Å²) in [6, 6.07) is 7.73. The summed E-state index contributed by atoms with van der Waals surface area (Å²) in [5, 5.41) is 0. The molecule has 2 rings (SSSR count). The van der Waals surface area contributed by atoms with Crippen LogP contribution < -0.4 is 5.73 Å². The van der Waals surface area contributed by atoms with E-state index in [4.69, 9.17) is 5.73 Å². The average molecular weight is 275 g/mol. The van der Waals surface area contributed by atoms with Crippen molar-refractivity contribution in [1.29, 1.82) is 0 Å². The molecule has 1 heterocycles. The first kappa shape index (κ1) is 15.5. The van der Waals surface area contributed by atoms with E-state index in [2.05, 4.69) is 55.8 Å². The smallest absolute Gasteiger partial charge is 0.0474 e. The third kappa shape index (κ3) is 3.22. The summed E-state index contributed by atoms with van der Waals surface area (Å²) < 4.78 is 0. The Kier molecular flexibility index (Phi) is 5.19. The second-order valence-corrected chi connectivity index (χ2v) is 6.15.